The highest BCUT2D eigenvalue weighted by Crippen LogP contribution is 2.23. The van der Waals surface area contributed by atoms with Crippen molar-refractivity contribution < 1.29 is 14.3 Å². The van der Waals surface area contributed by atoms with Crippen LogP contribution in [0.25, 0.3) is 10.9 Å². The summed E-state index contributed by atoms with van der Waals surface area (Å²) in [5.74, 6) is 1.80. The normalized spacial score (nSPS) is 16.7. The van der Waals surface area contributed by atoms with Crippen molar-refractivity contribution in [1.29, 1.82) is 0 Å². The molecule has 1 aliphatic rings. The predicted molar refractivity (Wildman–Crippen MR) is 98.8 cm³/mol. The standard InChI is InChI=1S/C18H25N5O3/c1-25-12-5-6-14-13(10-12)17(19)23-16(22-14)11-20-7-3-8-21-18(24)15-4-2-9-26-15/h5-6,10,15,20H,2-4,7-9,11H2,1H3,(H,21,24)(H2,19,22,23). The molecule has 1 unspecified atom stereocenters. The summed E-state index contributed by atoms with van der Waals surface area (Å²) in [6, 6.07) is 5.55. The first kappa shape index (κ1) is 18.3. The Balaban J connectivity index is 1.42. The quantitative estimate of drug-likeness (QED) is 0.603. The lowest BCUT2D eigenvalue weighted by Crippen LogP contribution is -2.35. The largest absolute Gasteiger partial charge is 0.497 e. The van der Waals surface area contributed by atoms with Gasteiger partial charge >= 0.3 is 0 Å². The van der Waals surface area contributed by atoms with Crippen LogP contribution in [0.4, 0.5) is 5.82 Å². The molecule has 0 radical (unpaired) electrons. The molecular formula is C18H25N5O3. The smallest absolute Gasteiger partial charge is 0.249 e. The van der Waals surface area contributed by atoms with Gasteiger partial charge in [-0.15, -0.1) is 0 Å². The minimum atomic E-state index is -0.268. The Kier molecular flexibility index (Phi) is 6.19. The van der Waals surface area contributed by atoms with Crippen LogP contribution in [0.1, 0.15) is 25.1 Å². The number of nitrogens with zero attached hydrogens (tertiary/aromatic N) is 2. The van der Waals surface area contributed by atoms with E-state index in [2.05, 4.69) is 20.6 Å². The lowest BCUT2D eigenvalue weighted by Gasteiger charge is -2.11. The number of nitrogen functional groups attached to an aromatic ring is 1. The highest BCUT2D eigenvalue weighted by Gasteiger charge is 2.22. The van der Waals surface area contributed by atoms with Gasteiger partial charge in [-0.05, 0) is 44.0 Å². The summed E-state index contributed by atoms with van der Waals surface area (Å²) >= 11 is 0. The van der Waals surface area contributed by atoms with E-state index in [9.17, 15) is 4.79 Å². The van der Waals surface area contributed by atoms with E-state index in [0.717, 1.165) is 42.5 Å². The van der Waals surface area contributed by atoms with Crippen molar-refractivity contribution in [2.24, 2.45) is 0 Å². The molecule has 1 aromatic carbocycles. The number of nitrogens with two attached hydrogens (primary N) is 1. The van der Waals surface area contributed by atoms with Gasteiger partial charge in [0.05, 0.1) is 19.2 Å². The van der Waals surface area contributed by atoms with Crippen molar-refractivity contribution in [1.82, 2.24) is 20.6 Å². The number of benzene rings is 1. The van der Waals surface area contributed by atoms with Crippen molar-refractivity contribution in [2.45, 2.75) is 31.9 Å². The van der Waals surface area contributed by atoms with Crippen LogP contribution in [0.3, 0.4) is 0 Å². The maximum atomic E-state index is 11.8. The van der Waals surface area contributed by atoms with E-state index in [-0.39, 0.29) is 12.0 Å². The molecule has 8 nitrogen and oxygen atoms in total. The molecule has 1 aliphatic heterocycles. The molecule has 1 amide bonds. The number of carbonyl (C=O) groups is 1. The lowest BCUT2D eigenvalue weighted by atomic mass is 10.2. The second-order valence-electron chi connectivity index (χ2n) is 6.23. The average molecular weight is 359 g/mol. The van der Waals surface area contributed by atoms with Gasteiger partial charge in [0.2, 0.25) is 5.91 Å². The second kappa shape index (κ2) is 8.77. The Hall–Kier alpha value is -2.45. The summed E-state index contributed by atoms with van der Waals surface area (Å²) in [4.78, 5) is 20.7. The number of carbonyl (C=O) groups excluding carboxylic acids is 1. The fraction of sp³-hybridized carbons (Fsp3) is 0.500. The first-order valence-corrected chi connectivity index (χ1v) is 8.87. The van der Waals surface area contributed by atoms with E-state index >= 15 is 0 Å². The van der Waals surface area contributed by atoms with E-state index in [1.54, 1.807) is 7.11 Å². The van der Waals surface area contributed by atoms with Crippen LogP contribution in [0.5, 0.6) is 5.75 Å². The molecule has 1 aromatic heterocycles. The van der Waals surface area contributed by atoms with Crippen molar-refractivity contribution in [3.8, 4) is 5.75 Å². The first-order chi connectivity index (χ1) is 12.7. The third kappa shape index (κ3) is 4.59. The Morgan fingerprint density at radius 2 is 2.27 bits per heavy atom. The van der Waals surface area contributed by atoms with Gasteiger partial charge in [0.25, 0.3) is 0 Å². The molecule has 4 N–H and O–H groups in total. The minimum absolute atomic E-state index is 0.0106. The average Bonchev–Trinajstić information content (AvgIpc) is 3.19. The van der Waals surface area contributed by atoms with Crippen LogP contribution in [-0.2, 0) is 16.1 Å². The molecule has 1 atom stereocenters. The molecule has 1 fully saturated rings. The maximum Gasteiger partial charge on any atom is 0.249 e. The van der Waals surface area contributed by atoms with Crippen LogP contribution >= 0.6 is 0 Å². The molecule has 0 bridgehead atoms. The number of methoxy groups -OCH3 is 1. The van der Waals surface area contributed by atoms with Gasteiger partial charge in [0.1, 0.15) is 23.5 Å². The fourth-order valence-electron chi connectivity index (χ4n) is 2.91. The summed E-state index contributed by atoms with van der Waals surface area (Å²) < 4.78 is 10.5. The van der Waals surface area contributed by atoms with Crippen LogP contribution in [0.15, 0.2) is 18.2 Å². The molecule has 0 spiro atoms. The zero-order valence-corrected chi connectivity index (χ0v) is 15.0. The summed E-state index contributed by atoms with van der Waals surface area (Å²) in [6.45, 7) is 2.56. The van der Waals surface area contributed by atoms with E-state index in [1.165, 1.54) is 0 Å². The van der Waals surface area contributed by atoms with Crippen LogP contribution in [-0.4, -0.2) is 48.8 Å². The molecule has 2 aromatic rings. The number of rotatable bonds is 8. The summed E-state index contributed by atoms with van der Waals surface area (Å²) in [5, 5.41) is 6.95. The third-order valence-electron chi connectivity index (χ3n) is 4.31. The van der Waals surface area contributed by atoms with Gasteiger partial charge in [-0.3, -0.25) is 4.79 Å². The SMILES string of the molecule is COc1ccc2nc(CNCCCNC(=O)C3CCCO3)nc(N)c2c1. The maximum absolute atomic E-state index is 11.8. The number of nitrogens with one attached hydrogen (secondary N) is 2. The molecule has 8 heteroatoms. The van der Waals surface area contributed by atoms with E-state index in [0.29, 0.717) is 31.3 Å². The zero-order chi connectivity index (χ0) is 18.4. The summed E-state index contributed by atoms with van der Waals surface area (Å²) in [6.07, 6.45) is 2.33. The molecule has 1 saturated heterocycles. The van der Waals surface area contributed by atoms with Gasteiger partial charge in [0.15, 0.2) is 0 Å². The van der Waals surface area contributed by atoms with Crippen LogP contribution < -0.4 is 21.1 Å². The number of anilines is 1. The van der Waals surface area contributed by atoms with Gasteiger partial charge in [0, 0.05) is 18.5 Å². The van der Waals surface area contributed by atoms with E-state index in [1.807, 2.05) is 18.2 Å². The number of ether oxygens (including phenoxy) is 2. The number of amides is 1. The number of fused-ring (bicyclic) bond motifs is 1. The van der Waals surface area contributed by atoms with Gasteiger partial charge in [-0.2, -0.15) is 0 Å². The van der Waals surface area contributed by atoms with Crippen molar-refractivity contribution in [2.75, 3.05) is 32.5 Å². The number of hydrogen-bond donors (Lipinski definition) is 3. The topological polar surface area (TPSA) is 111 Å². The minimum Gasteiger partial charge on any atom is -0.497 e. The summed E-state index contributed by atoms with van der Waals surface area (Å²) in [7, 11) is 1.61. The molecule has 0 aliphatic carbocycles. The van der Waals surface area contributed by atoms with Crippen molar-refractivity contribution in [3.63, 3.8) is 0 Å². The van der Waals surface area contributed by atoms with Crippen LogP contribution in [0, 0.1) is 0 Å². The highest BCUT2D eigenvalue weighted by molar-refractivity contribution is 5.89. The Labute approximate surface area is 152 Å². The van der Waals surface area contributed by atoms with Crippen LogP contribution in [0.2, 0.25) is 0 Å². The monoisotopic (exact) mass is 359 g/mol. The van der Waals surface area contributed by atoms with Gasteiger partial charge < -0.3 is 25.8 Å². The van der Waals surface area contributed by atoms with Crippen molar-refractivity contribution >= 4 is 22.6 Å². The lowest BCUT2D eigenvalue weighted by molar-refractivity contribution is -0.130. The summed E-state index contributed by atoms with van der Waals surface area (Å²) in [5.41, 5.74) is 6.82. The third-order valence-corrected chi connectivity index (χ3v) is 4.31. The molecule has 3 rings (SSSR count). The van der Waals surface area contributed by atoms with E-state index < -0.39 is 0 Å². The highest BCUT2D eigenvalue weighted by atomic mass is 16.5. The number of hydrogen-bond acceptors (Lipinski definition) is 7. The molecule has 140 valence electrons. The van der Waals surface area contributed by atoms with Gasteiger partial charge in [-0.1, -0.05) is 0 Å². The van der Waals surface area contributed by atoms with Gasteiger partial charge in [-0.25, -0.2) is 9.97 Å². The number of aromatic nitrogens is 2. The molecule has 0 saturated carbocycles. The van der Waals surface area contributed by atoms with Crippen molar-refractivity contribution in [3.05, 3.63) is 24.0 Å². The second-order valence-corrected chi connectivity index (χ2v) is 6.23. The molecular weight excluding hydrogens is 334 g/mol. The Bertz CT molecular complexity index is 762. The Morgan fingerprint density at radius 3 is 3.04 bits per heavy atom. The van der Waals surface area contributed by atoms with E-state index in [4.69, 9.17) is 15.2 Å². The predicted octanol–water partition coefficient (Wildman–Crippen LogP) is 0.996. The molecule has 2 heterocycles. The Morgan fingerprint density at radius 1 is 1.38 bits per heavy atom. The molecule has 26 heavy (non-hydrogen) atoms. The fourth-order valence-corrected chi connectivity index (χ4v) is 2.91. The zero-order valence-electron chi connectivity index (χ0n) is 15.0. The first-order valence-electron chi connectivity index (χ1n) is 8.87.